The Morgan fingerprint density at radius 1 is 1.15 bits per heavy atom. The molecule has 27 heavy (non-hydrogen) atoms. The molecule has 0 aliphatic rings. The van der Waals surface area contributed by atoms with Crippen LogP contribution in [0.5, 0.6) is 5.75 Å². The average molecular weight is 368 g/mol. The molecule has 142 valence electrons. The van der Waals surface area contributed by atoms with Crippen molar-refractivity contribution in [3.8, 4) is 5.75 Å². The molecule has 0 atom stereocenters. The zero-order valence-corrected chi connectivity index (χ0v) is 15.7. The smallest absolute Gasteiger partial charge is 0.191 e. The molecule has 3 N–H and O–H groups in total. The summed E-state index contributed by atoms with van der Waals surface area (Å²) >= 11 is 0. The second-order valence-corrected chi connectivity index (χ2v) is 6.15. The number of para-hydroxylation sites is 1. The predicted molar refractivity (Wildman–Crippen MR) is 108 cm³/mol. The van der Waals surface area contributed by atoms with Gasteiger partial charge in [0.25, 0.3) is 0 Å². The molecule has 1 aromatic heterocycles. The molecule has 0 aliphatic heterocycles. The van der Waals surface area contributed by atoms with Crippen LogP contribution in [-0.4, -0.2) is 31.1 Å². The van der Waals surface area contributed by atoms with Crippen LogP contribution >= 0.6 is 0 Å². The fourth-order valence-electron chi connectivity index (χ4n) is 3.02. The predicted octanol–water partition coefficient (Wildman–Crippen LogP) is 3.61. The number of benzene rings is 2. The molecule has 6 heteroatoms. The number of halogens is 1. The third-order valence-corrected chi connectivity index (χ3v) is 4.36. The summed E-state index contributed by atoms with van der Waals surface area (Å²) in [5, 5.41) is 7.52. The molecule has 3 rings (SSSR count). The summed E-state index contributed by atoms with van der Waals surface area (Å²) in [6.45, 7) is 3.92. The highest BCUT2D eigenvalue weighted by atomic mass is 19.1. The molecular formula is C21H25FN4O. The number of rotatable bonds is 7. The van der Waals surface area contributed by atoms with Gasteiger partial charge in [-0.2, -0.15) is 0 Å². The maximum Gasteiger partial charge on any atom is 0.191 e. The van der Waals surface area contributed by atoms with Crippen LogP contribution in [0.1, 0.15) is 18.1 Å². The average Bonchev–Trinajstić information content (AvgIpc) is 3.08. The summed E-state index contributed by atoms with van der Waals surface area (Å²) in [6.07, 6.45) is 2.69. The molecule has 0 fully saturated rings. The van der Waals surface area contributed by atoms with Gasteiger partial charge in [0, 0.05) is 42.8 Å². The maximum atomic E-state index is 13.5. The van der Waals surface area contributed by atoms with Crippen molar-refractivity contribution in [2.45, 2.75) is 19.9 Å². The lowest BCUT2D eigenvalue weighted by atomic mass is 10.1. The van der Waals surface area contributed by atoms with Crippen LogP contribution < -0.4 is 15.4 Å². The van der Waals surface area contributed by atoms with Crippen LogP contribution in [0.4, 0.5) is 4.39 Å². The Bertz CT molecular complexity index is 919. The van der Waals surface area contributed by atoms with Crippen molar-refractivity contribution in [1.82, 2.24) is 15.6 Å². The minimum absolute atomic E-state index is 0.221. The molecule has 0 aliphatic carbocycles. The van der Waals surface area contributed by atoms with E-state index < -0.39 is 0 Å². The van der Waals surface area contributed by atoms with Crippen molar-refractivity contribution in [2.24, 2.45) is 4.99 Å². The Hall–Kier alpha value is -3.02. The standard InChI is InChI=1S/C21H25FN4O/c1-3-27-20-7-5-4-6-16(20)14-26-21(23-2)24-11-10-15-13-25-19-9-8-17(22)12-18(15)19/h4-9,12-13,25H,3,10-11,14H2,1-2H3,(H2,23,24,26). The first kappa shape index (κ1) is 18.8. The molecule has 0 saturated heterocycles. The minimum atomic E-state index is -0.221. The van der Waals surface area contributed by atoms with Crippen molar-refractivity contribution in [2.75, 3.05) is 20.2 Å². The van der Waals surface area contributed by atoms with Crippen molar-refractivity contribution in [1.29, 1.82) is 0 Å². The van der Waals surface area contributed by atoms with E-state index in [-0.39, 0.29) is 5.82 Å². The van der Waals surface area contributed by atoms with E-state index in [2.05, 4.69) is 20.6 Å². The van der Waals surface area contributed by atoms with Gasteiger partial charge in [-0.15, -0.1) is 0 Å². The first-order valence-corrected chi connectivity index (χ1v) is 9.12. The summed E-state index contributed by atoms with van der Waals surface area (Å²) < 4.78 is 19.1. The number of nitrogens with one attached hydrogen (secondary N) is 3. The molecule has 0 radical (unpaired) electrons. The number of aromatic nitrogens is 1. The zero-order chi connectivity index (χ0) is 19.1. The second-order valence-electron chi connectivity index (χ2n) is 6.15. The number of hydrogen-bond donors (Lipinski definition) is 3. The fraction of sp³-hybridized carbons (Fsp3) is 0.286. The van der Waals surface area contributed by atoms with Crippen molar-refractivity contribution in [3.05, 3.63) is 65.6 Å². The van der Waals surface area contributed by atoms with E-state index in [1.54, 1.807) is 19.2 Å². The van der Waals surface area contributed by atoms with Gasteiger partial charge < -0.3 is 20.4 Å². The van der Waals surface area contributed by atoms with Crippen molar-refractivity contribution in [3.63, 3.8) is 0 Å². The topological polar surface area (TPSA) is 61.4 Å². The van der Waals surface area contributed by atoms with Gasteiger partial charge in [-0.25, -0.2) is 4.39 Å². The Balaban J connectivity index is 1.54. The SMILES string of the molecule is CCOc1ccccc1CNC(=NC)NCCc1c[nH]c2ccc(F)cc12. The number of nitrogens with zero attached hydrogens (tertiary/aromatic N) is 1. The maximum absolute atomic E-state index is 13.5. The first-order chi connectivity index (χ1) is 13.2. The van der Waals surface area contributed by atoms with Gasteiger partial charge in [0.05, 0.1) is 6.61 Å². The number of aromatic amines is 1. The number of fused-ring (bicyclic) bond motifs is 1. The number of ether oxygens (including phenoxy) is 1. The van der Waals surface area contributed by atoms with Crippen LogP contribution in [-0.2, 0) is 13.0 Å². The number of guanidine groups is 1. The molecule has 5 nitrogen and oxygen atoms in total. The Morgan fingerprint density at radius 2 is 2.00 bits per heavy atom. The van der Waals surface area contributed by atoms with E-state index in [9.17, 15) is 4.39 Å². The van der Waals surface area contributed by atoms with E-state index in [1.165, 1.54) is 6.07 Å². The highest BCUT2D eigenvalue weighted by Crippen LogP contribution is 2.20. The van der Waals surface area contributed by atoms with Gasteiger partial charge in [0.15, 0.2) is 5.96 Å². The van der Waals surface area contributed by atoms with Gasteiger partial charge in [-0.1, -0.05) is 18.2 Å². The molecule has 1 heterocycles. The van der Waals surface area contributed by atoms with Gasteiger partial charge >= 0.3 is 0 Å². The summed E-state index contributed by atoms with van der Waals surface area (Å²) in [6, 6.07) is 12.7. The summed E-state index contributed by atoms with van der Waals surface area (Å²) in [5.41, 5.74) is 3.10. The zero-order valence-electron chi connectivity index (χ0n) is 15.7. The van der Waals surface area contributed by atoms with Gasteiger partial charge in [0.1, 0.15) is 11.6 Å². The van der Waals surface area contributed by atoms with Gasteiger partial charge in [0.2, 0.25) is 0 Å². The summed E-state index contributed by atoms with van der Waals surface area (Å²) in [5.74, 6) is 1.37. The number of hydrogen-bond acceptors (Lipinski definition) is 2. The molecule has 0 unspecified atom stereocenters. The third kappa shape index (κ3) is 4.78. The molecule has 0 amide bonds. The Morgan fingerprint density at radius 3 is 2.81 bits per heavy atom. The lowest BCUT2D eigenvalue weighted by Gasteiger charge is -2.14. The van der Waals surface area contributed by atoms with Crippen LogP contribution in [0.15, 0.2) is 53.7 Å². The van der Waals surface area contributed by atoms with E-state index >= 15 is 0 Å². The largest absolute Gasteiger partial charge is 0.494 e. The fourth-order valence-corrected chi connectivity index (χ4v) is 3.02. The van der Waals surface area contributed by atoms with Crippen LogP contribution in [0.2, 0.25) is 0 Å². The Labute approximate surface area is 158 Å². The monoisotopic (exact) mass is 368 g/mol. The van der Waals surface area contributed by atoms with Crippen molar-refractivity contribution < 1.29 is 9.13 Å². The van der Waals surface area contributed by atoms with E-state index in [4.69, 9.17) is 4.74 Å². The van der Waals surface area contributed by atoms with Gasteiger partial charge in [-0.05, 0) is 43.2 Å². The quantitative estimate of drug-likeness (QED) is 0.441. The molecule has 0 saturated carbocycles. The number of aliphatic imine (C=N–C) groups is 1. The molecule has 0 spiro atoms. The van der Waals surface area contributed by atoms with E-state index in [0.29, 0.717) is 25.7 Å². The normalized spacial score (nSPS) is 11.6. The van der Waals surface area contributed by atoms with E-state index in [0.717, 1.165) is 34.2 Å². The second kappa shape index (κ2) is 9.07. The third-order valence-electron chi connectivity index (χ3n) is 4.36. The molecule has 2 aromatic carbocycles. The first-order valence-electron chi connectivity index (χ1n) is 9.12. The molecule has 3 aromatic rings. The van der Waals surface area contributed by atoms with Crippen LogP contribution in [0, 0.1) is 5.82 Å². The Kier molecular flexibility index (Phi) is 6.30. The lowest BCUT2D eigenvalue weighted by Crippen LogP contribution is -2.37. The highest BCUT2D eigenvalue weighted by Gasteiger charge is 2.07. The number of H-pyrrole nitrogens is 1. The molecule has 0 bridgehead atoms. The summed E-state index contributed by atoms with van der Waals surface area (Å²) in [7, 11) is 1.74. The van der Waals surface area contributed by atoms with Crippen LogP contribution in [0.25, 0.3) is 10.9 Å². The van der Waals surface area contributed by atoms with Crippen LogP contribution in [0.3, 0.4) is 0 Å². The van der Waals surface area contributed by atoms with E-state index in [1.807, 2.05) is 37.4 Å². The highest BCUT2D eigenvalue weighted by molar-refractivity contribution is 5.83. The summed E-state index contributed by atoms with van der Waals surface area (Å²) in [4.78, 5) is 7.44. The van der Waals surface area contributed by atoms with Crippen molar-refractivity contribution >= 4 is 16.9 Å². The van der Waals surface area contributed by atoms with Gasteiger partial charge in [-0.3, -0.25) is 4.99 Å². The lowest BCUT2D eigenvalue weighted by molar-refractivity contribution is 0.336. The molecular weight excluding hydrogens is 343 g/mol. The minimum Gasteiger partial charge on any atom is -0.494 e.